The molecule has 1 rings (SSSR count). The number of nitrogens with two attached hydrogens (primary N) is 3. The van der Waals surface area contributed by atoms with Crippen molar-refractivity contribution in [1.82, 2.24) is 15.0 Å². The smallest absolute Gasteiger partial charge is 0.401 e. The van der Waals surface area contributed by atoms with Gasteiger partial charge in [0, 0.05) is 0 Å². The Morgan fingerprint density at radius 1 is 1.00 bits per heavy atom. The van der Waals surface area contributed by atoms with E-state index in [1.165, 1.54) is 0 Å². The van der Waals surface area contributed by atoms with E-state index in [0.29, 0.717) is 0 Å². The van der Waals surface area contributed by atoms with Gasteiger partial charge in [-0.3, -0.25) is 4.44 Å². The van der Waals surface area contributed by atoms with Crippen molar-refractivity contribution >= 4 is 33.0 Å². The normalized spacial score (nSPS) is 10.4. The molecule has 0 radical (unpaired) electrons. The lowest BCUT2D eigenvalue weighted by Crippen LogP contribution is -2.14. The molecule has 0 aliphatic rings. The van der Waals surface area contributed by atoms with Crippen molar-refractivity contribution in [2.24, 2.45) is 0 Å². The van der Waals surface area contributed by atoms with Crippen LogP contribution in [-0.2, 0) is 9.01 Å². The zero-order valence-corrected chi connectivity index (χ0v) is 9.10. The summed E-state index contributed by atoms with van der Waals surface area (Å²) in [6.07, 6.45) is 0. The molecule has 12 nitrogen and oxygen atoms in total. The van der Waals surface area contributed by atoms with Gasteiger partial charge in [0.1, 0.15) is 0 Å². The molecule has 0 aliphatic carbocycles. The van der Waals surface area contributed by atoms with E-state index in [1.807, 2.05) is 0 Å². The molecule has 1 heterocycles. The Morgan fingerprint density at radius 3 is 1.41 bits per heavy atom. The van der Waals surface area contributed by atoms with Gasteiger partial charge in [-0.05, 0) is 0 Å². The monoisotopic (exact) mass is 268 g/mol. The summed E-state index contributed by atoms with van der Waals surface area (Å²) in [5.74, 6) is 0.125. The van der Waals surface area contributed by atoms with E-state index in [2.05, 4.69) is 19.4 Å². The number of phosphoric acid groups is 1. The molecule has 0 unspecified atom stereocenters. The van der Waals surface area contributed by atoms with Gasteiger partial charge < -0.3 is 37.0 Å². The minimum atomic E-state index is -4.72. The molecule has 14 heteroatoms. The van der Waals surface area contributed by atoms with Crippen LogP contribution in [0.15, 0.2) is 0 Å². The van der Waals surface area contributed by atoms with E-state index in [0.717, 1.165) is 0 Å². The summed E-state index contributed by atoms with van der Waals surface area (Å²) in [4.78, 5) is 26.0. The summed E-state index contributed by atoms with van der Waals surface area (Å²) in [7, 11) is -7.14. The molecule has 1 aromatic rings. The Kier molecular flexibility index (Phi) is 5.74. The number of rotatable bonds is 2. The van der Waals surface area contributed by atoms with Gasteiger partial charge in [0.2, 0.25) is 17.8 Å². The van der Waals surface area contributed by atoms with Crippen LogP contribution >= 0.6 is 7.82 Å². The van der Waals surface area contributed by atoms with Crippen molar-refractivity contribution in [3.8, 4) is 0 Å². The third-order valence-electron chi connectivity index (χ3n) is 0.919. The molecule has 96 valence electrons. The predicted octanol–water partition coefficient (Wildman–Crippen LogP) is -3.32. The zero-order chi connectivity index (χ0) is 13.6. The van der Waals surface area contributed by atoms with E-state index >= 15 is 0 Å². The summed E-state index contributed by atoms with van der Waals surface area (Å²) in [5, 5.41) is 15.5. The number of nitrogens with zero attached hydrogens (tertiary/aromatic N) is 3. The van der Waals surface area contributed by atoms with Gasteiger partial charge in [0.15, 0.2) is 0 Å². The van der Waals surface area contributed by atoms with Gasteiger partial charge in [0.05, 0.1) is 0 Å². The molecule has 0 saturated heterocycles. The average Bonchev–Trinajstić information content (AvgIpc) is 1.95. The third kappa shape index (κ3) is 9.43. The highest BCUT2D eigenvalue weighted by Crippen LogP contribution is 2.35. The molecule has 10 N–H and O–H groups in total. The number of hydrogen-bond donors (Lipinski definition) is 7. The molecule has 0 bridgehead atoms. The molecule has 0 spiro atoms. The average molecular weight is 268 g/mol. The van der Waals surface area contributed by atoms with Crippen LogP contribution in [0.1, 0.15) is 0 Å². The molecule has 0 saturated carbocycles. The summed E-state index contributed by atoms with van der Waals surface area (Å²) < 4.78 is 12.8. The maximum absolute atomic E-state index is 9.59. The largest absolute Gasteiger partial charge is 0.642 e. The molecular formula is C3H10BN6O6P. The van der Waals surface area contributed by atoms with Gasteiger partial charge >= 0.3 is 15.1 Å². The Morgan fingerprint density at radius 2 is 1.29 bits per heavy atom. The lowest BCUT2D eigenvalue weighted by Gasteiger charge is -2.00. The molecule has 0 aliphatic heterocycles. The van der Waals surface area contributed by atoms with Crippen LogP contribution in [0.3, 0.4) is 0 Å². The van der Waals surface area contributed by atoms with Crippen LogP contribution in [0.4, 0.5) is 17.8 Å². The first-order chi connectivity index (χ1) is 7.60. The maximum atomic E-state index is 9.59. The van der Waals surface area contributed by atoms with Gasteiger partial charge in [-0.2, -0.15) is 15.0 Å². The van der Waals surface area contributed by atoms with E-state index in [9.17, 15) is 4.57 Å². The van der Waals surface area contributed by atoms with E-state index in [-0.39, 0.29) is 17.8 Å². The van der Waals surface area contributed by atoms with Crippen LogP contribution in [0.5, 0.6) is 0 Å². The molecule has 1 aromatic heterocycles. The minimum Gasteiger partial charge on any atom is -0.401 e. The maximum Gasteiger partial charge on any atom is 0.642 e. The van der Waals surface area contributed by atoms with Gasteiger partial charge in [-0.1, -0.05) is 0 Å². The fourth-order valence-corrected chi connectivity index (χ4v) is 0.796. The lowest BCUT2D eigenvalue weighted by molar-refractivity contribution is 0.219. The van der Waals surface area contributed by atoms with Crippen molar-refractivity contribution in [3.05, 3.63) is 0 Å². The molecule has 0 atom stereocenters. The van der Waals surface area contributed by atoms with E-state index < -0.39 is 15.1 Å². The van der Waals surface area contributed by atoms with Crippen LogP contribution < -0.4 is 17.2 Å². The number of anilines is 3. The lowest BCUT2D eigenvalue weighted by atomic mass is 10.3. The summed E-state index contributed by atoms with van der Waals surface area (Å²) in [6, 6.07) is 0. The SMILES string of the molecule is Nc1nc(N)nc(N)n1.O=P(O)(O)OB(O)O. The molecule has 17 heavy (non-hydrogen) atoms. The first-order valence-corrected chi connectivity index (χ1v) is 5.26. The second kappa shape index (κ2) is 6.29. The topological polar surface area (TPSA) is 224 Å². The summed E-state index contributed by atoms with van der Waals surface area (Å²) in [6.45, 7) is 0. The molecule has 0 fully saturated rings. The highest BCUT2D eigenvalue weighted by Gasteiger charge is 2.23. The quantitative estimate of drug-likeness (QED) is 0.206. The standard InChI is InChI=1S/C3H6N6.BH4O6P/c4-1-7-2(5)9-3(6)8-1;2-1(3)7-8(4,5)6/h(H6,4,5,6,7,8,9);2-3H,(H2,4,5,6). The van der Waals surface area contributed by atoms with Crippen molar-refractivity contribution < 1.29 is 28.8 Å². The summed E-state index contributed by atoms with van der Waals surface area (Å²) in [5.41, 5.74) is 15.4. The Balaban J connectivity index is 0.000000304. The van der Waals surface area contributed by atoms with Crippen LogP contribution in [-0.4, -0.2) is 42.1 Å². The van der Waals surface area contributed by atoms with Gasteiger partial charge in [-0.25, -0.2) is 4.57 Å². The first-order valence-electron chi connectivity index (χ1n) is 3.72. The number of aromatic nitrogens is 3. The predicted molar refractivity (Wildman–Crippen MR) is 56.4 cm³/mol. The summed E-state index contributed by atoms with van der Waals surface area (Å²) >= 11 is 0. The van der Waals surface area contributed by atoms with E-state index in [1.54, 1.807) is 0 Å². The van der Waals surface area contributed by atoms with Crippen molar-refractivity contribution in [2.45, 2.75) is 0 Å². The Labute approximate surface area is 94.9 Å². The van der Waals surface area contributed by atoms with E-state index in [4.69, 9.17) is 37.0 Å². The highest BCUT2D eigenvalue weighted by molar-refractivity contribution is 7.47. The van der Waals surface area contributed by atoms with Crippen molar-refractivity contribution in [2.75, 3.05) is 17.2 Å². The van der Waals surface area contributed by atoms with Crippen molar-refractivity contribution in [1.29, 1.82) is 0 Å². The molecule has 0 amide bonds. The third-order valence-corrected chi connectivity index (χ3v) is 1.38. The van der Waals surface area contributed by atoms with Crippen LogP contribution in [0.25, 0.3) is 0 Å². The second-order valence-electron chi connectivity index (χ2n) is 2.33. The Hall–Kier alpha value is -1.50. The Bertz CT molecular complexity index is 360. The fourth-order valence-electron chi connectivity index (χ4n) is 0.550. The number of hydrogen-bond acceptors (Lipinski definition) is 10. The zero-order valence-electron chi connectivity index (χ0n) is 8.20. The number of nitrogen functional groups attached to an aromatic ring is 3. The van der Waals surface area contributed by atoms with Crippen molar-refractivity contribution in [3.63, 3.8) is 0 Å². The highest BCUT2D eigenvalue weighted by atomic mass is 31.2. The van der Waals surface area contributed by atoms with Crippen LogP contribution in [0, 0.1) is 0 Å². The molecular weight excluding hydrogens is 258 g/mol. The van der Waals surface area contributed by atoms with Crippen LogP contribution in [0.2, 0.25) is 0 Å². The first kappa shape index (κ1) is 15.5. The molecule has 0 aromatic carbocycles. The van der Waals surface area contributed by atoms with Gasteiger partial charge in [0.25, 0.3) is 0 Å². The fraction of sp³-hybridized carbons (Fsp3) is 0. The second-order valence-corrected chi connectivity index (χ2v) is 3.52. The van der Waals surface area contributed by atoms with Gasteiger partial charge in [-0.15, -0.1) is 0 Å². The minimum absolute atomic E-state index is 0.0417.